The van der Waals surface area contributed by atoms with E-state index in [4.69, 9.17) is 4.74 Å². The first-order chi connectivity index (χ1) is 18.1. The number of carbonyl (C=O) groups is 1. The maximum absolute atomic E-state index is 14.0. The fourth-order valence-corrected chi connectivity index (χ4v) is 4.66. The fourth-order valence-electron chi connectivity index (χ4n) is 3.76. The van der Waals surface area contributed by atoms with E-state index < -0.39 is 21.6 Å². The Morgan fingerprint density at radius 3 is 2.50 bits per heavy atom. The summed E-state index contributed by atoms with van der Waals surface area (Å²) in [5.74, 6) is -2.35. The van der Waals surface area contributed by atoms with Crippen LogP contribution in [0.15, 0.2) is 77.8 Å². The number of nitrogens with one attached hydrogen (secondary N) is 1. The lowest BCUT2D eigenvalue weighted by atomic mass is 9.98. The molecule has 0 aliphatic rings. The van der Waals surface area contributed by atoms with Gasteiger partial charge in [-0.15, -0.1) is 0 Å². The summed E-state index contributed by atoms with van der Waals surface area (Å²) >= 11 is 0. The zero-order chi connectivity index (χ0) is 27.4. The minimum absolute atomic E-state index is 0.0715. The van der Waals surface area contributed by atoms with Crippen molar-refractivity contribution in [3.8, 4) is 39.8 Å². The monoisotopic (exact) mass is 533 g/mol. The van der Waals surface area contributed by atoms with Gasteiger partial charge in [0.15, 0.2) is 15.7 Å². The average molecular weight is 534 g/mol. The Morgan fingerprint density at radius 2 is 1.82 bits per heavy atom. The third-order valence-corrected chi connectivity index (χ3v) is 7.36. The Hall–Kier alpha value is -4.62. The molecule has 7 nitrogen and oxygen atoms in total. The van der Waals surface area contributed by atoms with Gasteiger partial charge in [-0.05, 0) is 60.2 Å². The Bertz CT molecular complexity index is 1700. The molecule has 0 fully saturated rings. The van der Waals surface area contributed by atoms with Crippen molar-refractivity contribution >= 4 is 21.4 Å². The molecule has 192 valence electrons. The van der Waals surface area contributed by atoms with Crippen molar-refractivity contribution in [2.75, 3.05) is 11.1 Å². The molecule has 0 unspecified atom stereocenters. The lowest BCUT2D eigenvalue weighted by Crippen LogP contribution is -2.09. The highest BCUT2D eigenvalue weighted by Gasteiger charge is 2.18. The Labute approximate surface area is 218 Å². The molecule has 38 heavy (non-hydrogen) atoms. The van der Waals surface area contributed by atoms with E-state index in [0.29, 0.717) is 33.7 Å². The van der Waals surface area contributed by atoms with E-state index in [-0.39, 0.29) is 27.9 Å². The van der Waals surface area contributed by atoms with E-state index in [1.807, 2.05) is 6.07 Å². The second-order valence-electron chi connectivity index (χ2n) is 8.24. The number of rotatable bonds is 7. The summed E-state index contributed by atoms with van der Waals surface area (Å²) in [7, 11) is -3.56. The van der Waals surface area contributed by atoms with Crippen LogP contribution in [0.25, 0.3) is 22.3 Å². The molecule has 10 heteroatoms. The molecule has 0 saturated carbocycles. The molecule has 0 aliphatic carbocycles. The molecule has 0 radical (unpaired) electrons. The number of pyridine rings is 1. The van der Waals surface area contributed by atoms with E-state index in [1.54, 1.807) is 36.4 Å². The molecule has 0 aliphatic heterocycles. The van der Waals surface area contributed by atoms with Gasteiger partial charge in [-0.2, -0.15) is 9.65 Å². The van der Waals surface area contributed by atoms with Crippen molar-refractivity contribution in [3.63, 3.8) is 0 Å². The SMILES string of the molecule is CCS(=O)(=O)c1ccc(NC(C)=O)c(-c2ccc(-c3cnc(F)c(F)c3)c(Oc3cccc(C#N)c3)c2)c1. The van der Waals surface area contributed by atoms with Crippen molar-refractivity contribution in [3.05, 3.63) is 90.3 Å². The summed E-state index contributed by atoms with van der Waals surface area (Å²) in [6, 6.07) is 18.6. The van der Waals surface area contributed by atoms with Crippen LogP contribution in [0.1, 0.15) is 19.4 Å². The normalized spacial score (nSPS) is 11.0. The van der Waals surface area contributed by atoms with Crippen molar-refractivity contribution < 1.29 is 26.7 Å². The predicted molar refractivity (Wildman–Crippen MR) is 138 cm³/mol. The number of hydrogen-bond acceptors (Lipinski definition) is 6. The largest absolute Gasteiger partial charge is 0.457 e. The minimum atomic E-state index is -3.56. The lowest BCUT2D eigenvalue weighted by Gasteiger charge is -2.16. The smallest absolute Gasteiger partial charge is 0.248 e. The first kappa shape index (κ1) is 26.4. The van der Waals surface area contributed by atoms with E-state index >= 15 is 0 Å². The third-order valence-electron chi connectivity index (χ3n) is 5.63. The maximum Gasteiger partial charge on any atom is 0.248 e. The highest BCUT2D eigenvalue weighted by atomic mass is 32.2. The van der Waals surface area contributed by atoms with E-state index in [9.17, 15) is 27.3 Å². The number of ether oxygens (including phenoxy) is 1. The second kappa shape index (κ2) is 10.8. The van der Waals surface area contributed by atoms with Gasteiger partial charge in [0.2, 0.25) is 11.9 Å². The molecule has 4 rings (SSSR count). The molecular weight excluding hydrogens is 512 g/mol. The molecule has 3 aromatic carbocycles. The molecule has 1 N–H and O–H groups in total. The Morgan fingerprint density at radius 1 is 1.03 bits per heavy atom. The molecule has 1 heterocycles. The van der Waals surface area contributed by atoms with E-state index in [2.05, 4.69) is 10.3 Å². The molecule has 4 aromatic rings. The summed E-state index contributed by atoms with van der Waals surface area (Å²) in [6.45, 7) is 2.86. The zero-order valence-corrected chi connectivity index (χ0v) is 21.1. The van der Waals surface area contributed by atoms with Gasteiger partial charge >= 0.3 is 0 Å². The number of aromatic nitrogens is 1. The number of hydrogen-bond donors (Lipinski definition) is 1. The molecule has 1 aromatic heterocycles. The Kier molecular flexibility index (Phi) is 7.50. The van der Waals surface area contributed by atoms with E-state index in [1.165, 1.54) is 38.1 Å². The van der Waals surface area contributed by atoms with Crippen LogP contribution in [0.3, 0.4) is 0 Å². The fraction of sp³-hybridized carbons (Fsp3) is 0.107. The summed E-state index contributed by atoms with van der Waals surface area (Å²) in [5, 5.41) is 12.0. The van der Waals surface area contributed by atoms with Gasteiger partial charge in [0.1, 0.15) is 11.5 Å². The van der Waals surface area contributed by atoms with Gasteiger partial charge in [-0.3, -0.25) is 4.79 Å². The van der Waals surface area contributed by atoms with Crippen molar-refractivity contribution in [2.45, 2.75) is 18.7 Å². The van der Waals surface area contributed by atoms with Crippen LogP contribution in [0.4, 0.5) is 14.5 Å². The number of amides is 1. The van der Waals surface area contributed by atoms with Gasteiger partial charge in [-0.1, -0.05) is 19.1 Å². The quantitative estimate of drug-likeness (QED) is 0.287. The van der Waals surface area contributed by atoms with Gasteiger partial charge in [0.05, 0.1) is 22.3 Å². The van der Waals surface area contributed by atoms with Crippen molar-refractivity contribution in [1.29, 1.82) is 5.26 Å². The number of nitrogens with zero attached hydrogens (tertiary/aromatic N) is 2. The number of anilines is 1. The van der Waals surface area contributed by atoms with Gasteiger partial charge < -0.3 is 10.1 Å². The Balaban J connectivity index is 1.93. The molecule has 0 bridgehead atoms. The number of halogens is 2. The summed E-state index contributed by atoms with van der Waals surface area (Å²) < 4.78 is 58.8. The predicted octanol–water partition coefficient (Wildman–Crippen LogP) is 6.11. The van der Waals surface area contributed by atoms with Crippen molar-refractivity contribution in [2.24, 2.45) is 0 Å². The van der Waals surface area contributed by atoms with Gasteiger partial charge in [0, 0.05) is 35.5 Å². The summed E-state index contributed by atoms with van der Waals surface area (Å²) in [4.78, 5) is 15.4. The van der Waals surface area contributed by atoms with Crippen LogP contribution in [0, 0.1) is 23.1 Å². The molecule has 1 amide bonds. The number of nitriles is 1. The second-order valence-corrected chi connectivity index (χ2v) is 10.5. The first-order valence-electron chi connectivity index (χ1n) is 11.4. The molecule has 0 saturated heterocycles. The highest BCUT2D eigenvalue weighted by Crippen LogP contribution is 2.40. The minimum Gasteiger partial charge on any atom is -0.457 e. The standard InChI is InChI=1S/C28H21F2N3O4S/c1-3-38(35,36)22-8-10-26(33-17(2)34)24(14-22)19-7-9-23(20-12-25(29)28(30)32-16-20)27(13-19)37-21-6-4-5-18(11-21)15-31/h4-14,16H,3H2,1-2H3,(H,33,34). The summed E-state index contributed by atoms with van der Waals surface area (Å²) in [6.07, 6.45) is 1.16. The number of benzene rings is 3. The van der Waals surface area contributed by atoms with Crippen LogP contribution >= 0.6 is 0 Å². The van der Waals surface area contributed by atoms with Crippen LogP contribution < -0.4 is 10.1 Å². The van der Waals surface area contributed by atoms with Crippen LogP contribution in [-0.4, -0.2) is 25.1 Å². The molecule has 0 atom stereocenters. The van der Waals surface area contributed by atoms with Crippen LogP contribution in [-0.2, 0) is 14.6 Å². The topological polar surface area (TPSA) is 109 Å². The van der Waals surface area contributed by atoms with Crippen LogP contribution in [0.5, 0.6) is 11.5 Å². The number of sulfone groups is 1. The van der Waals surface area contributed by atoms with Gasteiger partial charge in [-0.25, -0.2) is 17.8 Å². The average Bonchev–Trinajstić information content (AvgIpc) is 2.90. The molecule has 0 spiro atoms. The highest BCUT2D eigenvalue weighted by molar-refractivity contribution is 7.91. The maximum atomic E-state index is 14.0. The van der Waals surface area contributed by atoms with Crippen LogP contribution in [0.2, 0.25) is 0 Å². The lowest BCUT2D eigenvalue weighted by molar-refractivity contribution is -0.114. The summed E-state index contributed by atoms with van der Waals surface area (Å²) in [5.41, 5.74) is 2.19. The number of carbonyl (C=O) groups excluding carboxylic acids is 1. The van der Waals surface area contributed by atoms with Gasteiger partial charge in [0.25, 0.3) is 0 Å². The van der Waals surface area contributed by atoms with Crippen molar-refractivity contribution in [1.82, 2.24) is 4.98 Å². The first-order valence-corrected chi connectivity index (χ1v) is 13.0. The molecular formula is C28H21F2N3O4S. The zero-order valence-electron chi connectivity index (χ0n) is 20.3. The van der Waals surface area contributed by atoms with E-state index in [0.717, 1.165) is 12.3 Å². The third kappa shape index (κ3) is 5.68.